The Labute approximate surface area is 166 Å². The first-order valence-electron chi connectivity index (χ1n) is 10.1. The Morgan fingerprint density at radius 1 is 1.00 bits per heavy atom. The second-order valence-electron chi connectivity index (χ2n) is 7.20. The maximum Gasteiger partial charge on any atom is 0.265 e. The van der Waals surface area contributed by atoms with Crippen LogP contribution in [-0.2, 0) is 4.79 Å². The largest absolute Gasteiger partial charge is 0.481 e. The molecular formula is C23H28N2O3. The van der Waals surface area contributed by atoms with Crippen molar-refractivity contribution in [1.29, 1.82) is 0 Å². The van der Waals surface area contributed by atoms with E-state index in [2.05, 4.69) is 10.6 Å². The number of carbonyl (C=O) groups is 2. The zero-order valence-corrected chi connectivity index (χ0v) is 16.3. The summed E-state index contributed by atoms with van der Waals surface area (Å²) in [5.41, 5.74) is 1.26. The van der Waals surface area contributed by atoms with Crippen LogP contribution >= 0.6 is 0 Å². The van der Waals surface area contributed by atoms with Gasteiger partial charge in [0, 0.05) is 17.3 Å². The maximum atomic E-state index is 12.5. The number of benzene rings is 2. The summed E-state index contributed by atoms with van der Waals surface area (Å²) in [6.07, 6.45) is 5.71. The summed E-state index contributed by atoms with van der Waals surface area (Å²) in [6, 6.07) is 16.6. The Morgan fingerprint density at radius 2 is 1.68 bits per heavy atom. The molecule has 1 aliphatic carbocycles. The Bertz CT molecular complexity index is 768. The van der Waals surface area contributed by atoms with E-state index >= 15 is 0 Å². The van der Waals surface area contributed by atoms with Gasteiger partial charge in [-0.05, 0) is 55.7 Å². The number of ether oxygens (including phenoxy) is 1. The van der Waals surface area contributed by atoms with Crippen LogP contribution in [-0.4, -0.2) is 24.0 Å². The number of rotatable bonds is 7. The Hall–Kier alpha value is -2.82. The Morgan fingerprint density at radius 3 is 2.32 bits per heavy atom. The van der Waals surface area contributed by atoms with Crippen LogP contribution < -0.4 is 15.4 Å². The van der Waals surface area contributed by atoms with Gasteiger partial charge in [-0.25, -0.2) is 0 Å². The molecule has 1 unspecified atom stereocenters. The van der Waals surface area contributed by atoms with Gasteiger partial charge >= 0.3 is 0 Å². The predicted molar refractivity (Wildman–Crippen MR) is 111 cm³/mol. The molecule has 28 heavy (non-hydrogen) atoms. The fraction of sp³-hybridized carbons (Fsp3) is 0.391. The predicted octanol–water partition coefficient (Wildman–Crippen LogP) is 4.55. The summed E-state index contributed by atoms with van der Waals surface area (Å²) in [6.45, 7) is 1.91. The highest BCUT2D eigenvalue weighted by atomic mass is 16.5. The van der Waals surface area contributed by atoms with Crippen molar-refractivity contribution in [3.05, 3.63) is 60.2 Å². The highest BCUT2D eigenvalue weighted by Gasteiger charge is 2.19. The number of hydrogen-bond acceptors (Lipinski definition) is 3. The molecule has 2 aromatic rings. The fourth-order valence-electron chi connectivity index (χ4n) is 3.43. The van der Waals surface area contributed by atoms with Gasteiger partial charge in [0.2, 0.25) is 0 Å². The van der Waals surface area contributed by atoms with Gasteiger partial charge in [0.05, 0.1) is 0 Å². The third kappa shape index (κ3) is 5.59. The van der Waals surface area contributed by atoms with Crippen LogP contribution in [0.2, 0.25) is 0 Å². The minimum absolute atomic E-state index is 0.0522. The summed E-state index contributed by atoms with van der Waals surface area (Å²) in [5, 5.41) is 5.97. The van der Waals surface area contributed by atoms with E-state index in [-0.39, 0.29) is 17.9 Å². The van der Waals surface area contributed by atoms with Crippen molar-refractivity contribution in [2.45, 2.75) is 57.6 Å². The number of hydrogen-bond donors (Lipinski definition) is 2. The molecule has 2 amide bonds. The van der Waals surface area contributed by atoms with Crippen molar-refractivity contribution >= 4 is 17.5 Å². The van der Waals surface area contributed by atoms with Crippen molar-refractivity contribution in [3.63, 3.8) is 0 Å². The van der Waals surface area contributed by atoms with Crippen LogP contribution in [0.1, 0.15) is 55.8 Å². The fourth-order valence-corrected chi connectivity index (χ4v) is 3.43. The summed E-state index contributed by atoms with van der Waals surface area (Å²) in [7, 11) is 0. The number of carbonyl (C=O) groups excluding carboxylic acids is 2. The molecule has 5 heteroatoms. The molecule has 2 N–H and O–H groups in total. The molecule has 2 aromatic carbocycles. The normalized spacial score (nSPS) is 15.5. The van der Waals surface area contributed by atoms with Gasteiger partial charge in [0.1, 0.15) is 5.75 Å². The summed E-state index contributed by atoms with van der Waals surface area (Å²) in [4.78, 5) is 24.9. The van der Waals surface area contributed by atoms with Gasteiger partial charge < -0.3 is 15.4 Å². The van der Waals surface area contributed by atoms with E-state index in [4.69, 9.17) is 4.74 Å². The lowest BCUT2D eigenvalue weighted by Crippen LogP contribution is -2.36. The van der Waals surface area contributed by atoms with Crippen LogP contribution in [0.15, 0.2) is 54.6 Å². The number of anilines is 1. The number of para-hydroxylation sites is 1. The van der Waals surface area contributed by atoms with Crippen LogP contribution in [0.3, 0.4) is 0 Å². The molecular weight excluding hydrogens is 352 g/mol. The molecule has 0 bridgehead atoms. The quantitative estimate of drug-likeness (QED) is 0.741. The number of amides is 2. The van der Waals surface area contributed by atoms with E-state index in [1.54, 1.807) is 24.3 Å². The smallest absolute Gasteiger partial charge is 0.265 e. The van der Waals surface area contributed by atoms with Crippen LogP contribution in [0.5, 0.6) is 5.75 Å². The standard InChI is InChI=1S/C23H28N2O3/c1-2-21(28-20-11-7-4-8-12-20)23(27)25-19-15-13-17(14-16-19)22(26)24-18-9-5-3-6-10-18/h4,7-8,11-16,18,21H,2-3,5-6,9-10H2,1H3,(H,24,26)(H,25,27). The van der Waals surface area contributed by atoms with Gasteiger partial charge in [-0.2, -0.15) is 0 Å². The summed E-state index contributed by atoms with van der Waals surface area (Å²) < 4.78 is 5.77. The first-order valence-corrected chi connectivity index (χ1v) is 10.1. The van der Waals surface area contributed by atoms with E-state index in [0.29, 0.717) is 23.4 Å². The van der Waals surface area contributed by atoms with E-state index in [9.17, 15) is 9.59 Å². The van der Waals surface area contributed by atoms with Crippen LogP contribution in [0, 0.1) is 0 Å². The van der Waals surface area contributed by atoms with Crippen molar-refractivity contribution in [2.24, 2.45) is 0 Å². The molecule has 0 saturated heterocycles. The second-order valence-corrected chi connectivity index (χ2v) is 7.20. The molecule has 0 aromatic heterocycles. The van der Waals surface area contributed by atoms with E-state index in [1.807, 2.05) is 37.3 Å². The van der Waals surface area contributed by atoms with Crippen LogP contribution in [0.25, 0.3) is 0 Å². The Balaban J connectivity index is 1.55. The first-order chi connectivity index (χ1) is 13.7. The minimum Gasteiger partial charge on any atom is -0.481 e. The number of nitrogens with one attached hydrogen (secondary N) is 2. The summed E-state index contributed by atoms with van der Waals surface area (Å²) in [5.74, 6) is 0.411. The highest BCUT2D eigenvalue weighted by molar-refractivity contribution is 5.97. The molecule has 0 heterocycles. The van der Waals surface area contributed by atoms with E-state index in [1.165, 1.54) is 19.3 Å². The van der Waals surface area contributed by atoms with Gasteiger partial charge in [-0.15, -0.1) is 0 Å². The highest BCUT2D eigenvalue weighted by Crippen LogP contribution is 2.19. The first kappa shape index (κ1) is 19.9. The molecule has 5 nitrogen and oxygen atoms in total. The average molecular weight is 380 g/mol. The topological polar surface area (TPSA) is 67.4 Å². The molecule has 1 saturated carbocycles. The van der Waals surface area contributed by atoms with Crippen molar-refractivity contribution in [3.8, 4) is 5.75 Å². The molecule has 0 spiro atoms. The minimum atomic E-state index is -0.573. The molecule has 1 fully saturated rings. The van der Waals surface area contributed by atoms with Crippen LogP contribution in [0.4, 0.5) is 5.69 Å². The second kappa shape index (κ2) is 9.93. The lowest BCUT2D eigenvalue weighted by Gasteiger charge is -2.22. The molecule has 148 valence electrons. The van der Waals surface area contributed by atoms with Crippen molar-refractivity contribution < 1.29 is 14.3 Å². The maximum absolute atomic E-state index is 12.5. The molecule has 1 aliphatic rings. The lowest BCUT2D eigenvalue weighted by molar-refractivity contribution is -0.122. The van der Waals surface area contributed by atoms with Gasteiger partial charge in [0.25, 0.3) is 11.8 Å². The molecule has 1 atom stereocenters. The van der Waals surface area contributed by atoms with Crippen molar-refractivity contribution in [2.75, 3.05) is 5.32 Å². The van der Waals surface area contributed by atoms with E-state index in [0.717, 1.165) is 12.8 Å². The lowest BCUT2D eigenvalue weighted by atomic mass is 9.95. The monoisotopic (exact) mass is 380 g/mol. The third-order valence-corrected chi connectivity index (χ3v) is 5.04. The Kier molecular flexibility index (Phi) is 7.06. The summed E-state index contributed by atoms with van der Waals surface area (Å²) >= 11 is 0. The zero-order chi connectivity index (χ0) is 19.8. The zero-order valence-electron chi connectivity index (χ0n) is 16.3. The van der Waals surface area contributed by atoms with Crippen molar-refractivity contribution in [1.82, 2.24) is 5.32 Å². The van der Waals surface area contributed by atoms with Gasteiger partial charge in [-0.3, -0.25) is 9.59 Å². The van der Waals surface area contributed by atoms with Gasteiger partial charge in [0.15, 0.2) is 6.10 Å². The SMILES string of the molecule is CCC(Oc1ccccc1)C(=O)Nc1ccc(C(=O)NC2CCCCC2)cc1. The third-order valence-electron chi connectivity index (χ3n) is 5.04. The molecule has 0 aliphatic heterocycles. The van der Waals surface area contributed by atoms with E-state index < -0.39 is 6.10 Å². The van der Waals surface area contributed by atoms with Gasteiger partial charge in [-0.1, -0.05) is 44.4 Å². The average Bonchev–Trinajstić information content (AvgIpc) is 2.74. The molecule has 3 rings (SSSR count). The molecule has 0 radical (unpaired) electrons.